The third-order valence-electron chi connectivity index (χ3n) is 5.68. The number of ether oxygens (including phenoxy) is 3. The van der Waals surface area contributed by atoms with Gasteiger partial charge in [-0.05, 0) is 56.2 Å². The van der Waals surface area contributed by atoms with Gasteiger partial charge >= 0.3 is 0 Å². The molecule has 0 bridgehead atoms. The minimum atomic E-state index is -0.760. The van der Waals surface area contributed by atoms with Crippen molar-refractivity contribution in [3.05, 3.63) is 23.8 Å². The van der Waals surface area contributed by atoms with Crippen LogP contribution in [0.4, 0.5) is 0 Å². The molecule has 0 aliphatic rings. The number of methoxy groups -OCH3 is 2. The topological polar surface area (TPSA) is 94.3 Å². The number of benzene rings is 1. The Morgan fingerprint density at radius 2 is 1.84 bits per heavy atom. The number of carbonyl (C=O) groups is 1. The van der Waals surface area contributed by atoms with E-state index in [-0.39, 0.29) is 18.5 Å². The molecule has 0 radical (unpaired) electrons. The summed E-state index contributed by atoms with van der Waals surface area (Å²) in [6, 6.07) is 5.62. The van der Waals surface area contributed by atoms with Crippen molar-refractivity contribution >= 4 is 6.41 Å². The second-order valence-electron chi connectivity index (χ2n) is 8.75. The largest absolute Gasteiger partial charge is 0.493 e. The predicted molar refractivity (Wildman–Crippen MR) is 124 cm³/mol. The highest BCUT2D eigenvalue weighted by molar-refractivity contribution is 5.47. The zero-order valence-electron chi connectivity index (χ0n) is 20.0. The van der Waals surface area contributed by atoms with Crippen molar-refractivity contribution in [2.75, 3.05) is 34.0 Å². The van der Waals surface area contributed by atoms with Crippen molar-refractivity contribution < 1.29 is 24.1 Å². The molecule has 3 unspecified atom stereocenters. The van der Waals surface area contributed by atoms with Crippen LogP contribution in [0.15, 0.2) is 18.2 Å². The van der Waals surface area contributed by atoms with E-state index in [4.69, 9.17) is 19.9 Å². The first-order chi connectivity index (χ1) is 14.7. The van der Waals surface area contributed by atoms with Crippen molar-refractivity contribution in [2.45, 2.75) is 65.1 Å². The van der Waals surface area contributed by atoms with Crippen molar-refractivity contribution in [2.24, 2.45) is 17.6 Å². The van der Waals surface area contributed by atoms with Gasteiger partial charge in [0.2, 0.25) is 6.41 Å². The van der Waals surface area contributed by atoms with Crippen LogP contribution in [0.1, 0.15) is 46.1 Å². The van der Waals surface area contributed by atoms with Gasteiger partial charge in [-0.2, -0.15) is 0 Å². The van der Waals surface area contributed by atoms with Gasteiger partial charge in [-0.1, -0.05) is 19.9 Å². The van der Waals surface area contributed by atoms with Gasteiger partial charge in [0.05, 0.1) is 19.8 Å². The Bertz CT molecular complexity index is 638. The Morgan fingerprint density at radius 3 is 2.39 bits per heavy atom. The smallest absolute Gasteiger partial charge is 0.210 e. The van der Waals surface area contributed by atoms with E-state index < -0.39 is 12.1 Å². The number of nitrogens with zero attached hydrogens (tertiary/aromatic N) is 1. The van der Waals surface area contributed by atoms with E-state index in [2.05, 4.69) is 13.8 Å². The second-order valence-corrected chi connectivity index (χ2v) is 8.75. The van der Waals surface area contributed by atoms with E-state index in [0.717, 1.165) is 30.6 Å². The van der Waals surface area contributed by atoms with Crippen LogP contribution in [0.3, 0.4) is 0 Å². The molecule has 1 aromatic rings. The van der Waals surface area contributed by atoms with Gasteiger partial charge in [0.25, 0.3) is 0 Å². The Labute approximate surface area is 187 Å². The molecule has 3 atom stereocenters. The molecular weight excluding hydrogens is 396 g/mol. The summed E-state index contributed by atoms with van der Waals surface area (Å²) in [6.45, 7) is 9.62. The summed E-state index contributed by atoms with van der Waals surface area (Å²) in [5.74, 6) is 2.10. The van der Waals surface area contributed by atoms with Gasteiger partial charge in [0.1, 0.15) is 0 Å². The molecule has 3 N–H and O–H groups in total. The molecule has 7 heteroatoms. The molecule has 0 aliphatic carbocycles. The standard InChI is InChI=1S/C24H42N2O5/c1-17(2)20(14-21(25)22(28)15-26(16-27)18(3)4)12-19-8-9-23(30-6)24(13-19)31-11-7-10-29-5/h8-9,13,16-18,20-22,28H,7,10-12,14-15,25H2,1-6H3. The van der Waals surface area contributed by atoms with E-state index in [1.54, 1.807) is 19.1 Å². The molecule has 178 valence electrons. The molecule has 0 heterocycles. The fourth-order valence-electron chi connectivity index (χ4n) is 3.47. The van der Waals surface area contributed by atoms with Gasteiger partial charge < -0.3 is 30.0 Å². The molecule has 0 saturated heterocycles. The lowest BCUT2D eigenvalue weighted by Crippen LogP contribution is -2.46. The zero-order chi connectivity index (χ0) is 23.4. The fraction of sp³-hybridized carbons (Fsp3) is 0.708. The molecule has 1 rings (SSSR count). The van der Waals surface area contributed by atoms with Crippen LogP contribution in [0.5, 0.6) is 11.5 Å². The van der Waals surface area contributed by atoms with Crippen LogP contribution in [0.25, 0.3) is 0 Å². The van der Waals surface area contributed by atoms with Crippen LogP contribution in [0.2, 0.25) is 0 Å². The van der Waals surface area contributed by atoms with E-state index in [1.165, 1.54) is 0 Å². The number of aliphatic hydroxyl groups is 1. The first kappa shape index (κ1) is 27.2. The first-order valence-corrected chi connectivity index (χ1v) is 11.2. The number of amides is 1. The van der Waals surface area contributed by atoms with Crippen LogP contribution in [0, 0.1) is 11.8 Å². The third kappa shape index (κ3) is 9.46. The molecule has 7 nitrogen and oxygen atoms in total. The lowest BCUT2D eigenvalue weighted by molar-refractivity contribution is -0.121. The van der Waals surface area contributed by atoms with E-state index in [9.17, 15) is 9.90 Å². The Balaban J connectivity index is 2.82. The highest BCUT2D eigenvalue weighted by atomic mass is 16.5. The number of hydrogen-bond acceptors (Lipinski definition) is 6. The fourth-order valence-corrected chi connectivity index (χ4v) is 3.47. The molecule has 0 aliphatic heterocycles. The van der Waals surface area contributed by atoms with Crippen molar-refractivity contribution in [1.29, 1.82) is 0 Å². The molecule has 0 fully saturated rings. The maximum atomic E-state index is 11.2. The Hall–Kier alpha value is -1.83. The number of carbonyl (C=O) groups excluding carboxylic acids is 1. The van der Waals surface area contributed by atoms with Crippen LogP contribution >= 0.6 is 0 Å². The number of rotatable bonds is 16. The Kier molecular flexibility index (Phi) is 12.5. The molecule has 31 heavy (non-hydrogen) atoms. The summed E-state index contributed by atoms with van der Waals surface area (Å²) >= 11 is 0. The summed E-state index contributed by atoms with van der Waals surface area (Å²) in [5.41, 5.74) is 7.47. The van der Waals surface area contributed by atoms with Gasteiger partial charge in [0, 0.05) is 38.8 Å². The predicted octanol–water partition coefficient (Wildman–Crippen LogP) is 2.87. The SMILES string of the molecule is COCCCOc1cc(CC(CC(N)C(O)CN(C=O)C(C)C)C(C)C)ccc1OC. The third-order valence-corrected chi connectivity index (χ3v) is 5.68. The van der Waals surface area contributed by atoms with E-state index in [0.29, 0.717) is 31.3 Å². The zero-order valence-corrected chi connectivity index (χ0v) is 20.0. The lowest BCUT2D eigenvalue weighted by atomic mass is 9.83. The molecule has 0 spiro atoms. The average Bonchev–Trinajstić information content (AvgIpc) is 2.74. The van der Waals surface area contributed by atoms with Crippen LogP contribution in [-0.4, -0.2) is 68.6 Å². The highest BCUT2D eigenvalue weighted by Crippen LogP contribution is 2.31. The quantitative estimate of drug-likeness (QED) is 0.304. The summed E-state index contributed by atoms with van der Waals surface area (Å²) in [7, 11) is 3.31. The minimum absolute atomic E-state index is 0.0295. The van der Waals surface area contributed by atoms with Gasteiger partial charge in [-0.15, -0.1) is 0 Å². The van der Waals surface area contributed by atoms with Crippen molar-refractivity contribution in [3.8, 4) is 11.5 Å². The van der Waals surface area contributed by atoms with Crippen LogP contribution in [-0.2, 0) is 16.0 Å². The van der Waals surface area contributed by atoms with E-state index in [1.807, 2.05) is 32.0 Å². The highest BCUT2D eigenvalue weighted by Gasteiger charge is 2.25. The summed E-state index contributed by atoms with van der Waals surface area (Å²) in [6.07, 6.45) is 2.30. The number of aliphatic hydroxyl groups excluding tert-OH is 1. The number of hydrogen-bond donors (Lipinski definition) is 2. The molecule has 0 aromatic heterocycles. The monoisotopic (exact) mass is 438 g/mol. The van der Waals surface area contributed by atoms with Gasteiger partial charge in [0.15, 0.2) is 11.5 Å². The van der Waals surface area contributed by atoms with E-state index >= 15 is 0 Å². The van der Waals surface area contributed by atoms with Gasteiger partial charge in [-0.3, -0.25) is 4.79 Å². The first-order valence-electron chi connectivity index (χ1n) is 11.2. The maximum absolute atomic E-state index is 11.2. The minimum Gasteiger partial charge on any atom is -0.493 e. The molecular formula is C24H42N2O5. The summed E-state index contributed by atoms with van der Waals surface area (Å²) in [4.78, 5) is 12.8. The Morgan fingerprint density at radius 1 is 1.13 bits per heavy atom. The molecule has 1 aromatic carbocycles. The summed E-state index contributed by atoms with van der Waals surface area (Å²) in [5, 5.41) is 10.5. The van der Waals surface area contributed by atoms with Gasteiger partial charge in [-0.25, -0.2) is 0 Å². The van der Waals surface area contributed by atoms with Crippen molar-refractivity contribution in [3.63, 3.8) is 0 Å². The maximum Gasteiger partial charge on any atom is 0.210 e. The average molecular weight is 439 g/mol. The van der Waals surface area contributed by atoms with Crippen molar-refractivity contribution in [1.82, 2.24) is 4.90 Å². The number of nitrogens with two attached hydrogens (primary N) is 1. The normalized spacial score (nSPS) is 14.4. The second kappa shape index (κ2) is 14.3. The van der Waals surface area contributed by atoms with Crippen LogP contribution < -0.4 is 15.2 Å². The molecule has 0 saturated carbocycles. The summed E-state index contributed by atoms with van der Waals surface area (Å²) < 4.78 is 16.4. The molecule has 1 amide bonds. The lowest BCUT2D eigenvalue weighted by Gasteiger charge is -2.31.